The maximum Gasteiger partial charge on any atom is 0.402 e. The van der Waals surface area contributed by atoms with E-state index in [4.69, 9.17) is 9.47 Å². The van der Waals surface area contributed by atoms with E-state index < -0.39 is 11.6 Å². The molecule has 0 aliphatic carbocycles. The zero-order chi connectivity index (χ0) is 10.3. The van der Waals surface area contributed by atoms with Gasteiger partial charge in [-0.3, -0.25) is 0 Å². The lowest BCUT2D eigenvalue weighted by Gasteiger charge is -2.18. The molecule has 0 spiro atoms. The van der Waals surface area contributed by atoms with Crippen molar-refractivity contribution in [3.63, 3.8) is 0 Å². The van der Waals surface area contributed by atoms with E-state index in [1.54, 1.807) is 13.8 Å². The van der Waals surface area contributed by atoms with E-state index in [1.807, 2.05) is 6.92 Å². The molecule has 0 aromatic rings. The molecule has 0 aromatic heterocycles. The Morgan fingerprint density at radius 3 is 2.46 bits per heavy atom. The third-order valence-corrected chi connectivity index (χ3v) is 1.30. The summed E-state index contributed by atoms with van der Waals surface area (Å²) < 4.78 is 14.9. The molecular weight excluding hydrogens is 192 g/mol. The molecular formula is C8H15O4S. The minimum Gasteiger partial charge on any atom is -0.424 e. The van der Waals surface area contributed by atoms with Crippen molar-refractivity contribution in [3.05, 3.63) is 0 Å². The van der Waals surface area contributed by atoms with Crippen LogP contribution in [0.3, 0.4) is 0 Å². The summed E-state index contributed by atoms with van der Waals surface area (Å²) in [6.07, 6.45) is -0.121. The van der Waals surface area contributed by atoms with Gasteiger partial charge in [-0.05, 0) is 20.3 Å². The lowest BCUT2D eigenvalue weighted by Crippen LogP contribution is -2.23. The van der Waals surface area contributed by atoms with Crippen LogP contribution in [0.4, 0.5) is 4.79 Å². The highest BCUT2D eigenvalue weighted by Gasteiger charge is 2.11. The summed E-state index contributed by atoms with van der Waals surface area (Å²) in [5.74, 6) is 0. The second-order valence-corrected chi connectivity index (χ2v) is 2.84. The summed E-state index contributed by atoms with van der Waals surface area (Å²) in [6, 6.07) is 0. The zero-order valence-corrected chi connectivity index (χ0v) is 8.93. The molecule has 0 saturated heterocycles. The number of carbonyl (C=O) groups is 1. The molecule has 0 amide bonds. The topological polar surface area (TPSA) is 44.8 Å². The van der Waals surface area contributed by atoms with E-state index in [-0.39, 0.29) is 6.29 Å². The molecule has 0 saturated carbocycles. The summed E-state index contributed by atoms with van der Waals surface area (Å²) in [4.78, 5) is 10.3. The maximum absolute atomic E-state index is 10.3. The molecule has 2 unspecified atom stereocenters. The highest BCUT2D eigenvalue weighted by atomic mass is 32.1. The molecule has 0 aliphatic rings. The minimum absolute atomic E-state index is 0.385. The van der Waals surface area contributed by atoms with Crippen LogP contribution in [0, 0.1) is 0 Å². The van der Waals surface area contributed by atoms with E-state index in [0.29, 0.717) is 6.61 Å². The summed E-state index contributed by atoms with van der Waals surface area (Å²) in [5, 5.41) is -0.768. The molecule has 5 heteroatoms. The first kappa shape index (κ1) is 12.6. The fraction of sp³-hybridized carbons (Fsp3) is 0.875. The van der Waals surface area contributed by atoms with Gasteiger partial charge in [0.2, 0.25) is 6.29 Å². The van der Waals surface area contributed by atoms with Crippen LogP contribution in [0.1, 0.15) is 27.2 Å². The van der Waals surface area contributed by atoms with Crippen LogP contribution in [-0.4, -0.2) is 24.5 Å². The van der Waals surface area contributed by atoms with E-state index in [9.17, 15) is 4.79 Å². The molecule has 0 bridgehead atoms. The third-order valence-electron chi connectivity index (χ3n) is 1.20. The number of rotatable bonds is 6. The van der Waals surface area contributed by atoms with Crippen LogP contribution >= 0.6 is 12.6 Å². The minimum atomic E-state index is -0.768. The summed E-state index contributed by atoms with van der Waals surface area (Å²) in [6.45, 7) is 5.95. The molecule has 0 aliphatic heterocycles. The Morgan fingerprint density at radius 1 is 1.38 bits per heavy atom. The third kappa shape index (κ3) is 7.95. The predicted octanol–water partition coefficient (Wildman–Crippen LogP) is 2.46. The predicted molar refractivity (Wildman–Crippen MR) is 50.3 cm³/mol. The lowest BCUT2D eigenvalue weighted by molar-refractivity contribution is -0.209. The quantitative estimate of drug-likeness (QED) is 0.495. The van der Waals surface area contributed by atoms with Crippen molar-refractivity contribution in [1.29, 1.82) is 0 Å². The summed E-state index contributed by atoms with van der Waals surface area (Å²) in [5.41, 5.74) is 0. The van der Waals surface area contributed by atoms with Gasteiger partial charge in [-0.2, -0.15) is 0 Å². The maximum atomic E-state index is 10.3. The van der Waals surface area contributed by atoms with E-state index in [1.165, 1.54) is 0 Å². The van der Waals surface area contributed by atoms with Gasteiger partial charge >= 0.3 is 5.30 Å². The first-order valence-corrected chi connectivity index (χ1v) is 4.61. The average Bonchev–Trinajstić information content (AvgIpc) is 1.98. The molecule has 1 radical (unpaired) electrons. The Morgan fingerprint density at radius 2 is 2.00 bits per heavy atom. The van der Waals surface area contributed by atoms with E-state index in [2.05, 4.69) is 17.4 Å². The van der Waals surface area contributed by atoms with Gasteiger partial charge < -0.3 is 14.2 Å². The van der Waals surface area contributed by atoms with Gasteiger partial charge in [-0.25, -0.2) is 4.79 Å². The lowest BCUT2D eigenvalue weighted by atomic mass is 10.5. The summed E-state index contributed by atoms with van der Waals surface area (Å²) >= 11 is 4.21. The van der Waals surface area contributed by atoms with Crippen LogP contribution < -0.4 is 0 Å². The molecule has 0 heterocycles. The molecule has 0 rings (SSSR count). The normalized spacial score (nSPS) is 15.0. The Kier molecular flexibility index (Phi) is 6.84. The molecule has 77 valence electrons. The number of ether oxygens (including phenoxy) is 3. The average molecular weight is 207 g/mol. The largest absolute Gasteiger partial charge is 0.424 e. The molecule has 2 atom stereocenters. The van der Waals surface area contributed by atoms with Crippen molar-refractivity contribution >= 4 is 17.9 Å². The Bertz CT molecular complexity index is 151. The second kappa shape index (κ2) is 7.06. The SMILES string of the molecule is CCCOC(C)OC(C)OC(=O)[S]. The molecule has 0 aromatic carbocycles. The van der Waals surface area contributed by atoms with Crippen molar-refractivity contribution in [2.75, 3.05) is 6.61 Å². The standard InChI is InChI=1S/C8H15O4S/c1-4-5-10-6(2)11-7(3)12-8(9)13/h6-7H,4-5H2,1-3H3. The number of hydrogen-bond acceptors (Lipinski definition) is 4. The van der Waals surface area contributed by atoms with Gasteiger partial charge in [0.1, 0.15) is 0 Å². The van der Waals surface area contributed by atoms with E-state index >= 15 is 0 Å². The Balaban J connectivity index is 3.52. The smallest absolute Gasteiger partial charge is 0.402 e. The van der Waals surface area contributed by atoms with Crippen LogP contribution in [0.5, 0.6) is 0 Å². The molecule has 0 fully saturated rings. The van der Waals surface area contributed by atoms with Crippen LogP contribution in [-0.2, 0) is 14.2 Å². The van der Waals surface area contributed by atoms with E-state index in [0.717, 1.165) is 6.42 Å². The van der Waals surface area contributed by atoms with Gasteiger partial charge in [-0.1, -0.05) is 6.92 Å². The van der Waals surface area contributed by atoms with Crippen molar-refractivity contribution in [2.45, 2.75) is 39.8 Å². The first-order valence-electron chi connectivity index (χ1n) is 4.21. The first-order chi connectivity index (χ1) is 6.06. The van der Waals surface area contributed by atoms with Gasteiger partial charge in [0, 0.05) is 19.2 Å². The van der Waals surface area contributed by atoms with Gasteiger partial charge in [-0.15, -0.1) is 0 Å². The fourth-order valence-corrected chi connectivity index (χ4v) is 0.892. The molecule has 4 nitrogen and oxygen atoms in total. The zero-order valence-electron chi connectivity index (χ0n) is 8.11. The molecule has 0 N–H and O–H groups in total. The van der Waals surface area contributed by atoms with Gasteiger partial charge in [0.25, 0.3) is 0 Å². The number of hydrogen-bond donors (Lipinski definition) is 0. The monoisotopic (exact) mass is 207 g/mol. The summed E-state index contributed by atoms with van der Waals surface area (Å²) in [7, 11) is 0. The fourth-order valence-electron chi connectivity index (χ4n) is 0.756. The Hall–Kier alpha value is -0.390. The van der Waals surface area contributed by atoms with Crippen molar-refractivity contribution in [2.24, 2.45) is 0 Å². The highest BCUT2D eigenvalue weighted by molar-refractivity contribution is 7.96. The second-order valence-electron chi connectivity index (χ2n) is 2.51. The van der Waals surface area contributed by atoms with Crippen LogP contribution in [0.2, 0.25) is 0 Å². The molecule has 13 heavy (non-hydrogen) atoms. The van der Waals surface area contributed by atoms with Crippen LogP contribution in [0.15, 0.2) is 0 Å². The van der Waals surface area contributed by atoms with Crippen molar-refractivity contribution in [1.82, 2.24) is 0 Å². The van der Waals surface area contributed by atoms with Gasteiger partial charge in [0.05, 0.1) is 0 Å². The van der Waals surface area contributed by atoms with Crippen LogP contribution in [0.25, 0.3) is 0 Å². The Labute approximate surface area is 84.0 Å². The van der Waals surface area contributed by atoms with Crippen molar-refractivity contribution in [3.8, 4) is 0 Å². The number of carbonyl (C=O) groups excluding carboxylic acids is 1. The highest BCUT2D eigenvalue weighted by Crippen LogP contribution is 2.03. The van der Waals surface area contributed by atoms with Crippen molar-refractivity contribution < 1.29 is 19.0 Å². The van der Waals surface area contributed by atoms with Gasteiger partial charge in [0.15, 0.2) is 6.29 Å².